The summed E-state index contributed by atoms with van der Waals surface area (Å²) in [6, 6.07) is 20.0. The van der Waals surface area contributed by atoms with Crippen LogP contribution < -0.4 is 26.5 Å². The van der Waals surface area contributed by atoms with Gasteiger partial charge in [0.2, 0.25) is 0 Å². The summed E-state index contributed by atoms with van der Waals surface area (Å²) in [5.74, 6) is 9.60. The Morgan fingerprint density at radius 2 is 0.602 bits per heavy atom. The third kappa shape index (κ3) is 66.5. The van der Waals surface area contributed by atoms with Gasteiger partial charge in [0.25, 0.3) is 0 Å². The molecule has 3 rings (SSSR count). The number of nitrogens with two attached hydrogens (primary N) is 2. The molecule has 3 aromatic carbocycles. The fourth-order valence-electron chi connectivity index (χ4n) is 5.55. The second-order valence-electron chi connectivity index (χ2n) is 17.2. The third-order valence-corrected chi connectivity index (χ3v) is 9.90. The standard InChI is InChI=1S/C17H22O4.C16H17NO2.C10H18O3.H4N60/c1-3-17(19)21-13-7-5-4-6-12-20-16-10-8-15(9-11-16)14(2)18;1-11-4-6-13(7-5-11)16(18)19-14-8-9-15(17-3)12(2)10-14;1-3-10(11)13-9-7-5-4-6-8-12-2;1-3-5-7-9-11-13-15-17-19-21-23-25-27-29-31-33-35-37-39-41-43-45-47-49-51-53-55-57-59-60-58-56-54-52-50-48-46-44-42-40-38-36-34-32-30-28-26-24-22-20-18-16-14-12-10-8-6-4-2/h3,8-11H,1,4-7,12-13H2,2H3;4-10,17H,1-3H3;3H,1,4-9H2,2H3;(H2,1,4,5,8,9,12,13,16,17,20,21,24,25,28,29,32,33,36,37,40,41,44,45,48,49,52,53,56,57,60)(H2,2,3,6,7,10,11,14,15,18,19,22,23,26,27,30,31,34,35,38,39,42,43,46,47,50,51,54,55,58,59). The maximum Gasteiger partial charge on any atom is 0.343 e. The molecule has 0 saturated carbocycles. The number of esters is 3. The van der Waals surface area contributed by atoms with Crippen LogP contribution in [-0.4, -0.2) is 64.3 Å². The molecular weight excluding hydrogens is 1510 g/mol. The Morgan fingerprint density at radius 3 is 0.850 bits per heavy atom. The van der Waals surface area contributed by atoms with Crippen molar-refractivity contribution in [1.29, 1.82) is 0 Å². The average Bonchev–Trinajstić information content (AvgIpc) is 0.862. The monoisotopic (exact) mass is 1580 g/mol. The molecule has 0 aliphatic heterocycles. The van der Waals surface area contributed by atoms with Crippen LogP contribution in [0.15, 0.2) is 395 Å². The van der Waals surface area contributed by atoms with E-state index in [-0.39, 0.29) is 23.7 Å². The number of nitrogens with zero attached hydrogens (tertiary/aromatic N) is 58. The van der Waals surface area contributed by atoms with Gasteiger partial charge in [-0.15, -0.1) is 0 Å². The number of unbranched alkanes of at least 4 members (excludes halogenated alkanes) is 6. The number of nitrogens with one attached hydrogen (secondary N) is 1. The number of aryl methyl sites for hydroxylation is 2. The van der Waals surface area contributed by atoms with Gasteiger partial charge >= 0.3 is 17.9 Å². The summed E-state index contributed by atoms with van der Waals surface area (Å²) in [5.41, 5.74) is 4.43. The van der Waals surface area contributed by atoms with E-state index in [4.69, 9.17) is 23.7 Å². The van der Waals surface area contributed by atoms with Crippen molar-refractivity contribution in [2.24, 2.45) is 315 Å². The lowest BCUT2D eigenvalue weighted by Gasteiger charge is -2.08. The van der Waals surface area contributed by atoms with Crippen LogP contribution in [0.25, 0.3) is 0 Å². The van der Waals surface area contributed by atoms with Crippen LogP contribution in [0.5, 0.6) is 11.5 Å². The molecule has 0 fully saturated rings. The number of hydrogen-bond donors (Lipinski definition) is 3. The minimum absolute atomic E-state index is 0.0544. The Morgan fingerprint density at radius 1 is 0.345 bits per heavy atom. The minimum atomic E-state index is -0.368. The number of anilines is 1. The van der Waals surface area contributed by atoms with E-state index in [2.05, 4.69) is 333 Å². The highest BCUT2D eigenvalue weighted by Crippen LogP contribution is 2.22. The van der Waals surface area contributed by atoms with E-state index >= 15 is 0 Å². The quantitative estimate of drug-likeness (QED) is 0.00694. The lowest BCUT2D eigenvalue weighted by atomic mass is 10.1. The molecule has 0 aliphatic rings. The van der Waals surface area contributed by atoms with E-state index in [1.807, 2.05) is 57.3 Å². The Hall–Kier alpha value is -17.2. The second kappa shape index (κ2) is 75.9. The van der Waals surface area contributed by atoms with Crippen molar-refractivity contribution in [3.05, 3.63) is 114 Å². The highest BCUT2D eigenvalue weighted by atomic mass is 16.5. The summed E-state index contributed by atoms with van der Waals surface area (Å²) in [4.78, 5) is 44.5. The Balaban J connectivity index is 0.00000188. The lowest BCUT2D eigenvalue weighted by Crippen LogP contribution is -2.08. The smallest absolute Gasteiger partial charge is 0.343 e. The molecule has 0 atom stereocenters. The number of ether oxygens (including phenoxy) is 5. The number of rotatable bonds is 49. The third-order valence-electron chi connectivity index (χ3n) is 9.90. The van der Waals surface area contributed by atoms with Crippen molar-refractivity contribution in [2.45, 2.75) is 72.1 Å². The molecule has 0 bridgehead atoms. The Bertz CT molecular complexity index is 3980. The van der Waals surface area contributed by atoms with Gasteiger partial charge in [-0.2, -0.15) is 0 Å². The topological polar surface area (TPSA) is 895 Å². The van der Waals surface area contributed by atoms with Crippen LogP contribution in [0.3, 0.4) is 0 Å². The molecule has 0 saturated heterocycles. The number of methoxy groups -OCH3 is 1. The number of carbonyl (C=O) groups is 4. The summed E-state index contributed by atoms with van der Waals surface area (Å²) in [6.07, 6.45) is 10.4. The maximum absolute atomic E-state index is 12.0. The van der Waals surface area contributed by atoms with Crippen LogP contribution in [0, 0.1) is 13.8 Å². The zero-order chi connectivity index (χ0) is 82.3. The number of carbonyl (C=O) groups excluding carboxylic acids is 4. The van der Waals surface area contributed by atoms with E-state index in [0.717, 1.165) is 80.5 Å². The van der Waals surface area contributed by atoms with Crippen molar-refractivity contribution in [3.63, 3.8) is 0 Å². The summed E-state index contributed by atoms with van der Waals surface area (Å²) >= 11 is 0. The Kier molecular flexibility index (Phi) is 64.4. The predicted molar refractivity (Wildman–Crippen MR) is 359 cm³/mol. The van der Waals surface area contributed by atoms with Gasteiger partial charge in [-0.05, 0) is 199 Å². The molecule has 0 aliphatic carbocycles. The summed E-state index contributed by atoms with van der Waals surface area (Å²) < 4.78 is 25.5. The van der Waals surface area contributed by atoms with Crippen LogP contribution in [0.2, 0.25) is 0 Å². The highest BCUT2D eigenvalue weighted by molar-refractivity contribution is 5.94. The zero-order valence-corrected chi connectivity index (χ0v) is 59.2. The van der Waals surface area contributed by atoms with Gasteiger partial charge in [-0.1, -0.05) is 47.7 Å². The number of ketones is 1. The minimum Gasteiger partial charge on any atom is -0.494 e. The fraction of sp³-hybridized carbons (Fsp3) is 0.395. The molecule has 0 heterocycles. The van der Waals surface area contributed by atoms with E-state index in [1.165, 1.54) is 12.2 Å². The van der Waals surface area contributed by atoms with Crippen molar-refractivity contribution < 1.29 is 42.9 Å². The molecule has 592 valence electrons. The number of benzene rings is 3. The number of hydrogen-bond acceptors (Lipinski definition) is 12. The molecule has 0 spiro atoms. The first-order chi connectivity index (χ1) is 55.4. The second-order valence-corrected chi connectivity index (χ2v) is 17.2. The largest absolute Gasteiger partial charge is 0.494 e. The van der Waals surface area contributed by atoms with Crippen molar-refractivity contribution in [2.75, 3.05) is 45.9 Å². The highest BCUT2D eigenvalue weighted by Gasteiger charge is 2.09. The van der Waals surface area contributed by atoms with Gasteiger partial charge in [0.15, 0.2) is 5.78 Å². The maximum atomic E-state index is 12.0. The Labute approximate surface area is 629 Å². The molecular formula is C43H61N61O9. The molecule has 113 heavy (non-hydrogen) atoms. The molecule has 70 nitrogen and oxygen atoms in total. The molecule has 0 radical (unpaired) electrons. The zero-order valence-electron chi connectivity index (χ0n) is 59.2. The molecule has 0 amide bonds. The first-order valence-corrected chi connectivity index (χ1v) is 29.8. The van der Waals surface area contributed by atoms with E-state index in [1.54, 1.807) is 44.4 Å². The van der Waals surface area contributed by atoms with Crippen LogP contribution >= 0.6 is 0 Å². The molecule has 70 heteroatoms. The van der Waals surface area contributed by atoms with Gasteiger partial charge in [-0.3, -0.25) is 4.79 Å². The van der Waals surface area contributed by atoms with Gasteiger partial charge in [-0.25, -0.2) is 14.4 Å². The first-order valence-electron chi connectivity index (χ1n) is 29.8. The van der Waals surface area contributed by atoms with E-state index < -0.39 is 0 Å². The van der Waals surface area contributed by atoms with Crippen LogP contribution in [0.4, 0.5) is 5.69 Å². The van der Waals surface area contributed by atoms with Crippen molar-refractivity contribution in [3.8, 4) is 11.5 Å². The van der Waals surface area contributed by atoms with Crippen LogP contribution in [0.1, 0.15) is 90.1 Å². The summed E-state index contributed by atoms with van der Waals surface area (Å²) in [6.45, 7) is 14.5. The van der Waals surface area contributed by atoms with Gasteiger partial charge < -0.3 is 40.7 Å². The van der Waals surface area contributed by atoms with Crippen molar-refractivity contribution >= 4 is 29.4 Å². The van der Waals surface area contributed by atoms with Gasteiger partial charge in [0.05, 0.1) is 25.4 Å². The van der Waals surface area contributed by atoms with Crippen LogP contribution in [-0.2, 0) is 23.8 Å². The first kappa shape index (κ1) is 95.8. The van der Waals surface area contributed by atoms with E-state index in [9.17, 15) is 19.2 Å². The summed E-state index contributed by atoms with van der Waals surface area (Å²) in [7, 11) is 3.56. The van der Waals surface area contributed by atoms with E-state index in [0.29, 0.717) is 36.7 Å². The normalized spacial score (nSPS) is 12.9. The van der Waals surface area contributed by atoms with Crippen molar-refractivity contribution in [1.82, 2.24) is 0 Å². The fourth-order valence-corrected chi connectivity index (χ4v) is 5.55. The predicted octanol–water partition coefficient (Wildman–Crippen LogP) is 18.5. The molecule has 3 aromatic rings. The average molecular weight is 1580 g/mol. The molecule has 5 N–H and O–H groups in total. The lowest BCUT2D eigenvalue weighted by molar-refractivity contribution is -0.138. The molecule has 0 aromatic heterocycles. The van der Waals surface area contributed by atoms with Gasteiger partial charge in [0, 0.05) is 264 Å². The summed E-state index contributed by atoms with van der Waals surface area (Å²) in [5, 5.41) is 176. The molecule has 0 unspecified atom stereocenters. The SMILES string of the molecule is C=CC(=O)OCCCCCCOC.C=CC(=O)OCCCCCCOc1ccc(C(C)=O)cc1.CNc1ccc(OC(=O)c2ccc(C)cc2)cc1C.N/N=N/N=N/N=N/N=N/N=N/N=N/N=N/N=N/N=N/N=N/N=N/N=N/N=N/N=N/N=N/N=N/N=N/N=N/N=N/N=N/N=N/N=N/N=N/N=N/N=N/N=N/N=N/N=N/N=N/N. The van der Waals surface area contributed by atoms with Gasteiger partial charge in [0.1, 0.15) is 11.5 Å². The number of Topliss-reactive ketones (excluding diaryl/α,β-unsaturated/α-hetero) is 1.